The number of aliphatic hydroxyl groups excluding tert-OH is 1. The molecular formula is C10H13FN2O2. The fourth-order valence-electron chi connectivity index (χ4n) is 0.969. The summed E-state index contributed by atoms with van der Waals surface area (Å²) in [6.45, 7) is 1.67. The Bertz CT molecular complexity index is 342. The number of hydrogen-bond acceptors (Lipinski definition) is 2. The van der Waals surface area contributed by atoms with Crippen LogP contribution in [0.4, 0.5) is 14.9 Å². The van der Waals surface area contributed by atoms with E-state index in [1.54, 1.807) is 13.0 Å². The van der Waals surface area contributed by atoms with E-state index in [0.717, 1.165) is 0 Å². The molecule has 0 heterocycles. The molecule has 82 valence electrons. The second-order valence-electron chi connectivity index (χ2n) is 3.16. The van der Waals surface area contributed by atoms with E-state index in [0.29, 0.717) is 0 Å². The molecular weight excluding hydrogens is 199 g/mol. The summed E-state index contributed by atoms with van der Waals surface area (Å²) in [5, 5.41) is 13.6. The normalized spacial score (nSPS) is 11.9. The van der Waals surface area contributed by atoms with Crippen molar-refractivity contribution < 1.29 is 14.3 Å². The molecule has 0 unspecified atom stereocenters. The topological polar surface area (TPSA) is 61.4 Å². The van der Waals surface area contributed by atoms with Gasteiger partial charge in [-0.25, -0.2) is 9.18 Å². The zero-order valence-corrected chi connectivity index (χ0v) is 8.33. The van der Waals surface area contributed by atoms with Gasteiger partial charge in [-0.2, -0.15) is 0 Å². The molecule has 0 saturated heterocycles. The number of rotatable bonds is 3. The molecule has 5 heteroatoms. The van der Waals surface area contributed by atoms with Gasteiger partial charge in [0.25, 0.3) is 0 Å². The maximum atomic E-state index is 13.1. The largest absolute Gasteiger partial charge is 0.392 e. The molecule has 15 heavy (non-hydrogen) atoms. The number of halogens is 1. The van der Waals surface area contributed by atoms with Gasteiger partial charge in [0.05, 0.1) is 11.8 Å². The summed E-state index contributed by atoms with van der Waals surface area (Å²) < 4.78 is 13.1. The molecule has 3 N–H and O–H groups in total. The number of aliphatic hydroxyl groups is 1. The molecule has 0 saturated carbocycles. The zero-order valence-electron chi connectivity index (χ0n) is 8.33. The van der Waals surface area contributed by atoms with Crippen LogP contribution in [0.2, 0.25) is 0 Å². The summed E-state index contributed by atoms with van der Waals surface area (Å²) in [4.78, 5) is 11.2. The number of para-hydroxylation sites is 1. The van der Waals surface area contributed by atoms with Gasteiger partial charge in [0.1, 0.15) is 5.82 Å². The Labute approximate surface area is 87.1 Å². The fourth-order valence-corrected chi connectivity index (χ4v) is 0.969. The first kappa shape index (κ1) is 11.5. The minimum atomic E-state index is -0.628. The van der Waals surface area contributed by atoms with Crippen LogP contribution < -0.4 is 10.6 Å². The number of urea groups is 1. The molecule has 1 atom stereocenters. The summed E-state index contributed by atoms with van der Waals surface area (Å²) in [7, 11) is 0. The minimum absolute atomic E-state index is 0.112. The molecule has 0 radical (unpaired) electrons. The van der Waals surface area contributed by atoms with Crippen LogP contribution in [0.25, 0.3) is 0 Å². The second kappa shape index (κ2) is 5.31. The summed E-state index contributed by atoms with van der Waals surface area (Å²) in [5.41, 5.74) is 0.112. The third-order valence-electron chi connectivity index (χ3n) is 1.68. The van der Waals surface area contributed by atoms with Gasteiger partial charge in [-0.3, -0.25) is 0 Å². The first-order chi connectivity index (χ1) is 7.09. The van der Waals surface area contributed by atoms with Crippen LogP contribution in [-0.2, 0) is 0 Å². The van der Waals surface area contributed by atoms with Crippen molar-refractivity contribution in [3.8, 4) is 0 Å². The highest BCUT2D eigenvalue weighted by Gasteiger charge is 2.05. The van der Waals surface area contributed by atoms with Gasteiger partial charge < -0.3 is 15.7 Å². The second-order valence-corrected chi connectivity index (χ2v) is 3.16. The fraction of sp³-hybridized carbons (Fsp3) is 0.300. The zero-order chi connectivity index (χ0) is 11.3. The van der Waals surface area contributed by atoms with Crippen molar-refractivity contribution in [3.05, 3.63) is 30.1 Å². The lowest BCUT2D eigenvalue weighted by atomic mass is 10.3. The summed E-state index contributed by atoms with van der Waals surface area (Å²) in [5.74, 6) is -0.496. The van der Waals surface area contributed by atoms with Gasteiger partial charge in [-0.15, -0.1) is 0 Å². The predicted molar refractivity (Wildman–Crippen MR) is 55.1 cm³/mol. The summed E-state index contributed by atoms with van der Waals surface area (Å²) in [6.07, 6.45) is -0.628. The standard InChI is InChI=1S/C10H13FN2O2/c1-7(14)6-12-10(15)13-9-5-3-2-4-8(9)11/h2-5,7,14H,6H2,1H3,(H2,12,13,15)/t7-/m1/s1. The smallest absolute Gasteiger partial charge is 0.319 e. The molecule has 0 aliphatic heterocycles. The van der Waals surface area contributed by atoms with E-state index in [1.165, 1.54) is 18.2 Å². The lowest BCUT2D eigenvalue weighted by molar-refractivity contribution is 0.190. The van der Waals surface area contributed by atoms with E-state index < -0.39 is 18.0 Å². The van der Waals surface area contributed by atoms with E-state index in [4.69, 9.17) is 5.11 Å². The molecule has 0 spiro atoms. The maximum Gasteiger partial charge on any atom is 0.319 e. The highest BCUT2D eigenvalue weighted by Crippen LogP contribution is 2.11. The number of anilines is 1. The highest BCUT2D eigenvalue weighted by molar-refractivity contribution is 5.89. The van der Waals surface area contributed by atoms with E-state index in [-0.39, 0.29) is 12.2 Å². The van der Waals surface area contributed by atoms with Gasteiger partial charge >= 0.3 is 6.03 Å². The van der Waals surface area contributed by atoms with Gasteiger partial charge in [-0.05, 0) is 19.1 Å². The molecule has 4 nitrogen and oxygen atoms in total. The average Bonchev–Trinajstić information content (AvgIpc) is 2.18. The molecule has 0 aromatic heterocycles. The van der Waals surface area contributed by atoms with Crippen LogP contribution >= 0.6 is 0 Å². The van der Waals surface area contributed by atoms with E-state index >= 15 is 0 Å². The van der Waals surface area contributed by atoms with Crippen LogP contribution in [0.3, 0.4) is 0 Å². The Morgan fingerprint density at radius 3 is 2.80 bits per heavy atom. The Morgan fingerprint density at radius 2 is 2.20 bits per heavy atom. The monoisotopic (exact) mass is 212 g/mol. The third kappa shape index (κ3) is 3.95. The van der Waals surface area contributed by atoms with Crippen molar-refractivity contribution >= 4 is 11.7 Å². The average molecular weight is 212 g/mol. The van der Waals surface area contributed by atoms with Crippen molar-refractivity contribution in [2.75, 3.05) is 11.9 Å². The highest BCUT2D eigenvalue weighted by atomic mass is 19.1. The Morgan fingerprint density at radius 1 is 1.53 bits per heavy atom. The van der Waals surface area contributed by atoms with E-state index in [2.05, 4.69) is 10.6 Å². The van der Waals surface area contributed by atoms with Crippen molar-refractivity contribution in [2.45, 2.75) is 13.0 Å². The molecule has 1 rings (SSSR count). The van der Waals surface area contributed by atoms with Crippen LogP contribution in [0.5, 0.6) is 0 Å². The third-order valence-corrected chi connectivity index (χ3v) is 1.68. The van der Waals surface area contributed by atoms with Crippen molar-refractivity contribution in [1.29, 1.82) is 0 Å². The maximum absolute atomic E-state index is 13.1. The molecule has 0 aliphatic carbocycles. The van der Waals surface area contributed by atoms with Crippen molar-refractivity contribution in [2.24, 2.45) is 0 Å². The summed E-state index contributed by atoms with van der Waals surface area (Å²) in [6, 6.07) is 5.32. The molecule has 1 aromatic rings. The van der Waals surface area contributed by atoms with Crippen molar-refractivity contribution in [3.63, 3.8) is 0 Å². The number of benzene rings is 1. The Kier molecular flexibility index (Phi) is 4.05. The van der Waals surface area contributed by atoms with Gasteiger partial charge in [0.15, 0.2) is 0 Å². The van der Waals surface area contributed by atoms with Crippen LogP contribution in [0.1, 0.15) is 6.92 Å². The number of hydrogen-bond donors (Lipinski definition) is 3. The first-order valence-electron chi connectivity index (χ1n) is 4.57. The summed E-state index contributed by atoms with van der Waals surface area (Å²) >= 11 is 0. The molecule has 1 aromatic carbocycles. The van der Waals surface area contributed by atoms with Crippen LogP contribution in [-0.4, -0.2) is 23.8 Å². The molecule has 0 bridgehead atoms. The van der Waals surface area contributed by atoms with Crippen LogP contribution in [0.15, 0.2) is 24.3 Å². The lowest BCUT2D eigenvalue weighted by Gasteiger charge is -2.09. The quantitative estimate of drug-likeness (QED) is 0.707. The molecule has 2 amide bonds. The SMILES string of the molecule is C[C@@H](O)CNC(=O)Nc1ccccc1F. The van der Waals surface area contributed by atoms with Gasteiger partial charge in [0.2, 0.25) is 0 Å². The van der Waals surface area contributed by atoms with Crippen LogP contribution in [0, 0.1) is 5.82 Å². The number of carbonyl (C=O) groups is 1. The van der Waals surface area contributed by atoms with Gasteiger partial charge in [-0.1, -0.05) is 12.1 Å². The Balaban J connectivity index is 2.48. The Hall–Kier alpha value is -1.62. The van der Waals surface area contributed by atoms with Gasteiger partial charge in [0, 0.05) is 6.54 Å². The number of nitrogens with one attached hydrogen (secondary N) is 2. The van der Waals surface area contributed by atoms with E-state index in [9.17, 15) is 9.18 Å². The number of amides is 2. The molecule has 0 fully saturated rings. The minimum Gasteiger partial charge on any atom is -0.392 e. The molecule has 0 aliphatic rings. The first-order valence-corrected chi connectivity index (χ1v) is 4.57. The number of carbonyl (C=O) groups excluding carboxylic acids is 1. The van der Waals surface area contributed by atoms with Crippen molar-refractivity contribution in [1.82, 2.24) is 5.32 Å². The lowest BCUT2D eigenvalue weighted by Crippen LogP contribution is -2.34. The van der Waals surface area contributed by atoms with E-state index in [1.807, 2.05) is 0 Å². The predicted octanol–water partition coefficient (Wildman–Crippen LogP) is 1.33.